The first-order valence-corrected chi connectivity index (χ1v) is 9.12. The lowest BCUT2D eigenvalue weighted by Gasteiger charge is -2.21. The highest BCUT2D eigenvalue weighted by atomic mass is 127. The minimum atomic E-state index is -0.482. The van der Waals surface area contributed by atoms with Gasteiger partial charge in [0.05, 0.1) is 19.9 Å². The fourth-order valence-corrected chi connectivity index (χ4v) is 3.16. The molecule has 0 aliphatic carbocycles. The molecule has 1 aromatic heterocycles. The van der Waals surface area contributed by atoms with Crippen LogP contribution in [0.4, 0.5) is 5.69 Å². The summed E-state index contributed by atoms with van der Waals surface area (Å²) in [6.45, 7) is 0.596. The second kappa shape index (κ2) is 9.01. The monoisotopic (exact) mass is 410 g/mol. The van der Waals surface area contributed by atoms with Crippen LogP contribution >= 0.6 is 30.3 Å². The third kappa shape index (κ3) is 4.82. The Balaban J connectivity index is 2.79. The third-order valence-corrected chi connectivity index (χ3v) is 4.46. The second-order valence-corrected chi connectivity index (χ2v) is 5.47. The molecule has 1 heterocycles. The number of rotatable bonds is 7. The zero-order valence-corrected chi connectivity index (χ0v) is 14.1. The van der Waals surface area contributed by atoms with E-state index in [9.17, 15) is 9.59 Å². The number of anilines is 1. The van der Waals surface area contributed by atoms with Gasteiger partial charge in [0, 0.05) is 49.5 Å². The van der Waals surface area contributed by atoms with Crippen molar-refractivity contribution in [1.29, 1.82) is 0 Å². The molecule has 6 nitrogen and oxygen atoms in total. The zero-order chi connectivity index (χ0) is 15.0. The normalized spacial score (nSPS) is 9.95. The van der Waals surface area contributed by atoms with E-state index in [1.807, 2.05) is 4.31 Å². The number of halogens is 1. The van der Waals surface area contributed by atoms with E-state index >= 15 is 0 Å². The molecular formula is C12H15IN2O4S. The van der Waals surface area contributed by atoms with Crippen LogP contribution < -0.4 is 4.31 Å². The summed E-state index contributed by atoms with van der Waals surface area (Å²) in [5.74, 6) is -0.730. The van der Waals surface area contributed by atoms with Crippen molar-refractivity contribution in [1.82, 2.24) is 4.98 Å². The van der Waals surface area contributed by atoms with Crippen LogP contribution in [0.1, 0.15) is 23.3 Å². The van der Waals surface area contributed by atoms with Gasteiger partial charge in [-0.15, -0.1) is 0 Å². The zero-order valence-electron chi connectivity index (χ0n) is 11.2. The summed E-state index contributed by atoms with van der Waals surface area (Å²) in [5, 5.41) is 0. The molecule has 0 spiro atoms. The molecule has 0 saturated carbocycles. The summed E-state index contributed by atoms with van der Waals surface area (Å²) in [4.78, 5) is 26.8. The fraction of sp³-hybridized carbons (Fsp3) is 0.417. The number of hydrogen-bond donors (Lipinski definition) is 0. The lowest BCUT2D eigenvalue weighted by atomic mass is 10.2. The van der Waals surface area contributed by atoms with Gasteiger partial charge in [-0.25, -0.2) is 9.78 Å². The van der Waals surface area contributed by atoms with Crippen LogP contribution in [0.25, 0.3) is 0 Å². The largest absolute Gasteiger partial charge is 0.469 e. The minimum Gasteiger partial charge on any atom is -0.469 e. The Hall–Kier alpha value is -1.03. The molecule has 110 valence electrons. The summed E-state index contributed by atoms with van der Waals surface area (Å²) in [6, 6.07) is 3.55. The van der Waals surface area contributed by atoms with Crippen molar-refractivity contribution < 1.29 is 19.1 Å². The third-order valence-electron chi connectivity index (χ3n) is 2.49. The number of ether oxygens (including phenoxy) is 2. The first-order valence-electron chi connectivity index (χ1n) is 5.80. The van der Waals surface area contributed by atoms with Gasteiger partial charge in [0.1, 0.15) is 0 Å². The molecule has 0 bridgehead atoms. The molecule has 0 fully saturated rings. The van der Waals surface area contributed by atoms with E-state index in [1.54, 1.807) is 18.3 Å². The van der Waals surface area contributed by atoms with Crippen molar-refractivity contribution in [2.24, 2.45) is 0 Å². The number of esters is 2. The van der Waals surface area contributed by atoms with Crippen molar-refractivity contribution in [3.8, 4) is 0 Å². The highest BCUT2D eigenvalue weighted by Crippen LogP contribution is 2.30. The Kier molecular flexibility index (Phi) is 7.67. The Morgan fingerprint density at radius 3 is 2.75 bits per heavy atom. The van der Waals surface area contributed by atoms with Gasteiger partial charge in [-0.1, -0.05) is 0 Å². The van der Waals surface area contributed by atoms with E-state index in [1.165, 1.54) is 23.3 Å². The lowest BCUT2D eigenvalue weighted by molar-refractivity contribution is -0.140. The maximum absolute atomic E-state index is 11.7. The second-order valence-electron chi connectivity index (χ2n) is 3.71. The SMILES string of the molecule is COC(=O)CCCN(SI)c1cccnc1C(=O)OC. The van der Waals surface area contributed by atoms with Gasteiger partial charge < -0.3 is 13.8 Å². The number of methoxy groups -OCH3 is 2. The number of carbonyl (C=O) groups is 2. The van der Waals surface area contributed by atoms with E-state index in [-0.39, 0.29) is 11.7 Å². The molecule has 0 amide bonds. The molecule has 0 aliphatic rings. The standard InChI is InChI=1S/C12H15IN2O4S/c1-18-10(16)6-4-8-15(20-13)9-5-3-7-14-11(9)12(17)19-2/h3,5,7H,4,6,8H2,1-2H3. The summed E-state index contributed by atoms with van der Waals surface area (Å²) in [7, 11) is 4.11. The molecule has 8 heteroatoms. The predicted molar refractivity (Wildman–Crippen MR) is 85.8 cm³/mol. The average molecular weight is 410 g/mol. The van der Waals surface area contributed by atoms with Gasteiger partial charge >= 0.3 is 11.9 Å². The van der Waals surface area contributed by atoms with E-state index in [0.29, 0.717) is 25.1 Å². The van der Waals surface area contributed by atoms with Crippen LogP contribution in [0.3, 0.4) is 0 Å². The number of carbonyl (C=O) groups excluding carboxylic acids is 2. The van der Waals surface area contributed by atoms with Gasteiger partial charge in [-0.05, 0) is 18.6 Å². The molecule has 0 atom stereocenters. The van der Waals surface area contributed by atoms with E-state index in [2.05, 4.69) is 30.9 Å². The van der Waals surface area contributed by atoms with Gasteiger partial charge in [0.15, 0.2) is 5.69 Å². The van der Waals surface area contributed by atoms with E-state index in [0.717, 1.165) is 0 Å². The molecule has 1 aromatic rings. The van der Waals surface area contributed by atoms with Crippen LogP contribution in [0.2, 0.25) is 0 Å². The van der Waals surface area contributed by atoms with Crippen molar-refractivity contribution in [3.63, 3.8) is 0 Å². The van der Waals surface area contributed by atoms with Gasteiger partial charge in [0.2, 0.25) is 0 Å². The Morgan fingerprint density at radius 1 is 1.40 bits per heavy atom. The highest BCUT2D eigenvalue weighted by Gasteiger charge is 2.18. The van der Waals surface area contributed by atoms with Crippen molar-refractivity contribution in [2.45, 2.75) is 12.8 Å². The fourth-order valence-electron chi connectivity index (χ4n) is 1.51. The molecule has 0 unspecified atom stereocenters. The maximum Gasteiger partial charge on any atom is 0.358 e. The van der Waals surface area contributed by atoms with Crippen molar-refractivity contribution in [3.05, 3.63) is 24.0 Å². The average Bonchev–Trinajstić information content (AvgIpc) is 2.50. The lowest BCUT2D eigenvalue weighted by Crippen LogP contribution is -2.19. The number of pyridine rings is 1. The Morgan fingerprint density at radius 2 is 2.15 bits per heavy atom. The molecule has 1 rings (SSSR count). The topological polar surface area (TPSA) is 68.7 Å². The predicted octanol–water partition coefficient (Wildman–Crippen LogP) is 2.63. The molecule has 20 heavy (non-hydrogen) atoms. The maximum atomic E-state index is 11.7. The quantitative estimate of drug-likeness (QED) is 0.389. The molecule has 0 saturated heterocycles. The van der Waals surface area contributed by atoms with E-state index < -0.39 is 5.97 Å². The van der Waals surface area contributed by atoms with Crippen LogP contribution in [0.5, 0.6) is 0 Å². The summed E-state index contributed by atoms with van der Waals surface area (Å²) >= 11 is 2.12. The molecule has 0 aliphatic heterocycles. The Bertz CT molecular complexity index is 473. The van der Waals surface area contributed by atoms with Crippen LogP contribution in [0, 0.1) is 0 Å². The van der Waals surface area contributed by atoms with Crippen LogP contribution in [0.15, 0.2) is 18.3 Å². The molecule has 0 radical (unpaired) electrons. The minimum absolute atomic E-state index is 0.247. The number of aromatic nitrogens is 1. The first-order chi connectivity index (χ1) is 9.63. The molecule has 0 N–H and O–H groups in total. The first kappa shape index (κ1) is 17.0. The van der Waals surface area contributed by atoms with Crippen LogP contribution in [-0.2, 0) is 14.3 Å². The summed E-state index contributed by atoms with van der Waals surface area (Å²) < 4.78 is 11.2. The van der Waals surface area contributed by atoms with Gasteiger partial charge in [-0.3, -0.25) is 4.79 Å². The van der Waals surface area contributed by atoms with Crippen molar-refractivity contribution in [2.75, 3.05) is 25.1 Å². The molecule has 0 aromatic carbocycles. The Labute approximate surface area is 133 Å². The molecular weight excluding hydrogens is 395 g/mol. The summed E-state index contributed by atoms with van der Waals surface area (Å²) in [6.07, 6.45) is 2.50. The van der Waals surface area contributed by atoms with Crippen LogP contribution in [-0.4, -0.2) is 37.7 Å². The highest BCUT2D eigenvalue weighted by molar-refractivity contribution is 14.2. The van der Waals surface area contributed by atoms with Gasteiger partial charge in [-0.2, -0.15) is 0 Å². The number of nitrogens with zero attached hydrogens (tertiary/aromatic N) is 2. The van der Waals surface area contributed by atoms with Crippen molar-refractivity contribution >= 4 is 48.0 Å². The summed E-state index contributed by atoms with van der Waals surface area (Å²) in [5.41, 5.74) is 0.931. The smallest absolute Gasteiger partial charge is 0.358 e. The number of hydrogen-bond acceptors (Lipinski definition) is 7. The van der Waals surface area contributed by atoms with E-state index in [4.69, 9.17) is 4.74 Å². The van der Waals surface area contributed by atoms with Gasteiger partial charge in [0.25, 0.3) is 0 Å².